The van der Waals surface area contributed by atoms with Crippen molar-refractivity contribution in [1.82, 2.24) is 10.3 Å². The Hall–Kier alpha value is -2.14. The highest BCUT2D eigenvalue weighted by molar-refractivity contribution is 6.33. The Bertz CT molecular complexity index is 557. The summed E-state index contributed by atoms with van der Waals surface area (Å²) in [6, 6.07) is 7.25. The summed E-state index contributed by atoms with van der Waals surface area (Å²) in [6.07, 6.45) is 3.28. The molecule has 0 aliphatic carbocycles. The van der Waals surface area contributed by atoms with Crippen LogP contribution in [0, 0.1) is 5.82 Å². The molecule has 0 radical (unpaired) electrons. The molecule has 0 saturated carbocycles. The van der Waals surface area contributed by atoms with Gasteiger partial charge in [-0.3, -0.25) is 4.98 Å². The van der Waals surface area contributed by atoms with Crippen molar-refractivity contribution in [2.45, 2.75) is 6.54 Å². The van der Waals surface area contributed by atoms with Gasteiger partial charge in [-0.25, -0.2) is 9.18 Å². The molecule has 2 N–H and O–H groups in total. The standard InChI is InChI=1S/C13H11ClFN3O/c14-10-4-1-5-11(15)12(10)18-13(19)17-8-9-3-2-6-16-7-9/h1-7H,8H2,(H2,17,18,19). The molecule has 0 fully saturated rings. The third kappa shape index (κ3) is 3.66. The van der Waals surface area contributed by atoms with Crippen LogP contribution in [0.4, 0.5) is 14.9 Å². The summed E-state index contributed by atoms with van der Waals surface area (Å²) < 4.78 is 13.4. The van der Waals surface area contributed by atoms with Crippen LogP contribution in [-0.4, -0.2) is 11.0 Å². The molecule has 1 heterocycles. The van der Waals surface area contributed by atoms with Crippen LogP contribution in [-0.2, 0) is 6.54 Å². The monoisotopic (exact) mass is 279 g/mol. The maximum Gasteiger partial charge on any atom is 0.319 e. The van der Waals surface area contributed by atoms with Crippen molar-refractivity contribution in [3.63, 3.8) is 0 Å². The molecule has 0 bridgehead atoms. The van der Waals surface area contributed by atoms with Gasteiger partial charge in [0.1, 0.15) is 5.82 Å². The first-order valence-electron chi connectivity index (χ1n) is 5.54. The molecular formula is C13H11ClFN3O. The number of nitrogens with zero attached hydrogens (tertiary/aromatic N) is 1. The summed E-state index contributed by atoms with van der Waals surface area (Å²) in [5.41, 5.74) is 0.810. The molecule has 1 aromatic heterocycles. The van der Waals surface area contributed by atoms with Crippen molar-refractivity contribution in [2.75, 3.05) is 5.32 Å². The van der Waals surface area contributed by atoms with Crippen LogP contribution in [0.2, 0.25) is 5.02 Å². The zero-order valence-electron chi connectivity index (χ0n) is 9.86. The number of hydrogen-bond donors (Lipinski definition) is 2. The van der Waals surface area contributed by atoms with E-state index in [0.29, 0.717) is 6.54 Å². The maximum absolute atomic E-state index is 13.4. The van der Waals surface area contributed by atoms with Gasteiger partial charge in [0.25, 0.3) is 0 Å². The second-order valence-corrected chi connectivity index (χ2v) is 4.17. The van der Waals surface area contributed by atoms with E-state index in [2.05, 4.69) is 15.6 Å². The van der Waals surface area contributed by atoms with Crippen molar-refractivity contribution in [3.8, 4) is 0 Å². The van der Waals surface area contributed by atoms with Gasteiger partial charge in [0.05, 0.1) is 10.7 Å². The first kappa shape index (κ1) is 13.3. The van der Waals surface area contributed by atoms with E-state index >= 15 is 0 Å². The fourth-order valence-electron chi connectivity index (χ4n) is 1.46. The SMILES string of the molecule is O=C(NCc1cccnc1)Nc1c(F)cccc1Cl. The first-order chi connectivity index (χ1) is 9.16. The van der Waals surface area contributed by atoms with Crippen LogP contribution in [0.1, 0.15) is 5.56 Å². The number of carbonyl (C=O) groups excluding carboxylic acids is 1. The number of aromatic nitrogens is 1. The molecule has 2 rings (SSSR count). The summed E-state index contributed by atoms with van der Waals surface area (Å²) in [5, 5.41) is 5.11. The number of benzene rings is 1. The van der Waals surface area contributed by atoms with Crippen molar-refractivity contribution in [3.05, 3.63) is 59.1 Å². The number of halogens is 2. The van der Waals surface area contributed by atoms with E-state index in [-0.39, 0.29) is 10.7 Å². The minimum atomic E-state index is -0.580. The predicted molar refractivity (Wildman–Crippen MR) is 71.5 cm³/mol. The van der Waals surface area contributed by atoms with Crippen LogP contribution in [0.5, 0.6) is 0 Å². The van der Waals surface area contributed by atoms with Gasteiger partial charge in [0, 0.05) is 18.9 Å². The van der Waals surface area contributed by atoms with E-state index in [9.17, 15) is 9.18 Å². The van der Waals surface area contributed by atoms with Gasteiger partial charge in [-0.2, -0.15) is 0 Å². The molecule has 0 unspecified atom stereocenters. The van der Waals surface area contributed by atoms with Crippen LogP contribution in [0.15, 0.2) is 42.7 Å². The number of hydrogen-bond acceptors (Lipinski definition) is 2. The van der Waals surface area contributed by atoms with Gasteiger partial charge in [-0.15, -0.1) is 0 Å². The Morgan fingerprint density at radius 3 is 2.84 bits per heavy atom. The lowest BCUT2D eigenvalue weighted by atomic mass is 10.3. The molecule has 4 nitrogen and oxygen atoms in total. The summed E-state index contributed by atoms with van der Waals surface area (Å²) in [7, 11) is 0. The number of rotatable bonds is 3. The third-order valence-corrected chi connectivity index (χ3v) is 2.69. The summed E-state index contributed by atoms with van der Waals surface area (Å²) in [4.78, 5) is 15.5. The quantitative estimate of drug-likeness (QED) is 0.906. The smallest absolute Gasteiger partial charge is 0.319 e. The second kappa shape index (κ2) is 6.15. The lowest BCUT2D eigenvalue weighted by Crippen LogP contribution is -2.28. The lowest BCUT2D eigenvalue weighted by Gasteiger charge is -2.09. The van der Waals surface area contributed by atoms with Crippen LogP contribution < -0.4 is 10.6 Å². The van der Waals surface area contributed by atoms with Gasteiger partial charge in [0.15, 0.2) is 0 Å². The first-order valence-corrected chi connectivity index (χ1v) is 5.92. The van der Waals surface area contributed by atoms with E-state index in [4.69, 9.17) is 11.6 Å². The Morgan fingerprint density at radius 2 is 2.16 bits per heavy atom. The van der Waals surface area contributed by atoms with E-state index in [1.807, 2.05) is 6.07 Å². The van der Waals surface area contributed by atoms with Crippen molar-refractivity contribution < 1.29 is 9.18 Å². The Balaban J connectivity index is 1.95. The third-order valence-electron chi connectivity index (χ3n) is 2.38. The molecule has 2 amide bonds. The highest BCUT2D eigenvalue weighted by Gasteiger charge is 2.10. The fraction of sp³-hybridized carbons (Fsp3) is 0.0769. The minimum absolute atomic E-state index is 0.0344. The van der Waals surface area contributed by atoms with E-state index in [1.54, 1.807) is 18.5 Å². The molecule has 1 aromatic carbocycles. The number of para-hydroxylation sites is 1. The molecular weight excluding hydrogens is 269 g/mol. The number of pyridine rings is 1. The zero-order chi connectivity index (χ0) is 13.7. The van der Waals surface area contributed by atoms with Crippen LogP contribution in [0.25, 0.3) is 0 Å². The number of anilines is 1. The summed E-state index contributed by atoms with van der Waals surface area (Å²) in [6.45, 7) is 0.297. The number of nitrogens with one attached hydrogen (secondary N) is 2. The minimum Gasteiger partial charge on any atom is -0.334 e. The van der Waals surface area contributed by atoms with Gasteiger partial charge in [-0.05, 0) is 23.8 Å². The van der Waals surface area contributed by atoms with Gasteiger partial charge in [0.2, 0.25) is 0 Å². The highest BCUT2D eigenvalue weighted by Crippen LogP contribution is 2.24. The molecule has 0 aliphatic heterocycles. The van der Waals surface area contributed by atoms with Crippen molar-refractivity contribution in [1.29, 1.82) is 0 Å². The topological polar surface area (TPSA) is 54.0 Å². The molecule has 0 aliphatic rings. The van der Waals surface area contributed by atoms with Crippen LogP contribution >= 0.6 is 11.6 Å². The Kier molecular flexibility index (Phi) is 4.30. The number of carbonyl (C=O) groups is 1. The van der Waals surface area contributed by atoms with Gasteiger partial charge >= 0.3 is 6.03 Å². The largest absolute Gasteiger partial charge is 0.334 e. The normalized spacial score (nSPS) is 10.0. The molecule has 0 atom stereocenters. The van der Waals surface area contributed by atoms with Gasteiger partial charge < -0.3 is 10.6 Å². The van der Waals surface area contributed by atoms with E-state index in [0.717, 1.165) is 5.56 Å². The summed E-state index contributed by atoms with van der Waals surface area (Å²) in [5.74, 6) is -0.580. The zero-order valence-corrected chi connectivity index (χ0v) is 10.6. The highest BCUT2D eigenvalue weighted by atomic mass is 35.5. The fourth-order valence-corrected chi connectivity index (χ4v) is 1.67. The molecule has 6 heteroatoms. The lowest BCUT2D eigenvalue weighted by molar-refractivity contribution is 0.251. The number of urea groups is 1. The Labute approximate surface area is 114 Å². The van der Waals surface area contributed by atoms with E-state index < -0.39 is 11.8 Å². The van der Waals surface area contributed by atoms with Crippen LogP contribution in [0.3, 0.4) is 0 Å². The number of amides is 2. The van der Waals surface area contributed by atoms with Gasteiger partial charge in [-0.1, -0.05) is 23.7 Å². The summed E-state index contributed by atoms with van der Waals surface area (Å²) >= 11 is 5.80. The van der Waals surface area contributed by atoms with Crippen molar-refractivity contribution in [2.24, 2.45) is 0 Å². The predicted octanol–water partition coefficient (Wildman–Crippen LogP) is 3.20. The average Bonchev–Trinajstić information content (AvgIpc) is 2.42. The van der Waals surface area contributed by atoms with E-state index in [1.165, 1.54) is 18.2 Å². The molecule has 2 aromatic rings. The maximum atomic E-state index is 13.4. The average molecular weight is 280 g/mol. The second-order valence-electron chi connectivity index (χ2n) is 3.77. The molecule has 0 spiro atoms. The molecule has 19 heavy (non-hydrogen) atoms. The molecule has 98 valence electrons. The van der Waals surface area contributed by atoms with Crippen molar-refractivity contribution >= 4 is 23.3 Å². The molecule has 0 saturated heterocycles. The Morgan fingerprint density at radius 1 is 1.32 bits per heavy atom.